The molecule has 0 fully saturated rings. The number of nitrogens with zero attached hydrogens (tertiary/aromatic N) is 2. The number of ether oxygens (including phenoxy) is 1. The third kappa shape index (κ3) is 5.43. The number of halogens is 3. The van der Waals surface area contributed by atoms with E-state index in [4.69, 9.17) is 9.26 Å². The molecule has 1 atom stereocenters. The van der Waals surface area contributed by atoms with E-state index in [0.29, 0.717) is 17.1 Å². The molecular weight excluding hydrogens is 411 g/mol. The number of alkyl halides is 3. The van der Waals surface area contributed by atoms with Crippen molar-refractivity contribution in [3.8, 4) is 17.1 Å². The number of aromatic nitrogens is 1. The summed E-state index contributed by atoms with van der Waals surface area (Å²) in [6, 6.07) is 13.2. The molecule has 1 aromatic heterocycles. The highest BCUT2D eigenvalue weighted by molar-refractivity contribution is 5.93. The van der Waals surface area contributed by atoms with E-state index in [1.807, 2.05) is 0 Å². The van der Waals surface area contributed by atoms with Crippen LogP contribution < -0.4 is 10.1 Å². The van der Waals surface area contributed by atoms with Gasteiger partial charge in [0.05, 0.1) is 18.7 Å². The zero-order valence-electron chi connectivity index (χ0n) is 17.2. The van der Waals surface area contributed by atoms with Gasteiger partial charge in [0.25, 0.3) is 5.91 Å². The van der Waals surface area contributed by atoms with Crippen molar-refractivity contribution < 1.29 is 27.2 Å². The maximum Gasteiger partial charge on any atom is 0.416 e. The van der Waals surface area contributed by atoms with E-state index in [0.717, 1.165) is 17.7 Å². The van der Waals surface area contributed by atoms with E-state index in [-0.39, 0.29) is 12.2 Å². The molecule has 0 aliphatic rings. The molecule has 1 amide bonds. The minimum atomic E-state index is -4.44. The first-order valence-corrected chi connectivity index (χ1v) is 9.42. The molecule has 0 saturated carbocycles. The lowest BCUT2D eigenvalue weighted by Crippen LogP contribution is -2.34. The van der Waals surface area contributed by atoms with E-state index in [2.05, 4.69) is 10.5 Å². The second-order valence-corrected chi connectivity index (χ2v) is 7.12. The monoisotopic (exact) mass is 433 g/mol. The molecular formula is C22H22F3N3O3. The average molecular weight is 433 g/mol. The molecule has 0 bridgehead atoms. The van der Waals surface area contributed by atoms with Crippen LogP contribution in [0.4, 0.5) is 13.2 Å². The summed E-state index contributed by atoms with van der Waals surface area (Å²) in [4.78, 5) is 14.3. The Labute approximate surface area is 177 Å². The number of rotatable bonds is 7. The molecule has 0 unspecified atom stereocenters. The molecule has 3 rings (SSSR count). The minimum absolute atomic E-state index is 0.0763. The van der Waals surface area contributed by atoms with Crippen LogP contribution in [0.3, 0.4) is 0 Å². The van der Waals surface area contributed by atoms with Gasteiger partial charge in [-0.25, -0.2) is 0 Å². The van der Waals surface area contributed by atoms with Gasteiger partial charge < -0.3 is 19.5 Å². The predicted octanol–water partition coefficient (Wildman–Crippen LogP) is 4.40. The van der Waals surface area contributed by atoms with Gasteiger partial charge in [0.15, 0.2) is 11.5 Å². The predicted molar refractivity (Wildman–Crippen MR) is 109 cm³/mol. The number of nitrogens with one attached hydrogen (secondary N) is 1. The fourth-order valence-corrected chi connectivity index (χ4v) is 3.07. The van der Waals surface area contributed by atoms with Gasteiger partial charge in [-0.2, -0.15) is 13.2 Å². The lowest BCUT2D eigenvalue weighted by atomic mass is 10.0. The number of hydrogen-bond acceptors (Lipinski definition) is 5. The number of methoxy groups -OCH3 is 1. The maximum atomic E-state index is 13.0. The van der Waals surface area contributed by atoms with Gasteiger partial charge in [-0.15, -0.1) is 0 Å². The van der Waals surface area contributed by atoms with E-state index in [1.165, 1.54) is 12.1 Å². The highest BCUT2D eigenvalue weighted by Crippen LogP contribution is 2.31. The molecule has 3 aromatic rings. The Morgan fingerprint density at radius 2 is 1.87 bits per heavy atom. The Morgan fingerprint density at radius 3 is 2.48 bits per heavy atom. The summed E-state index contributed by atoms with van der Waals surface area (Å²) in [5, 5.41) is 6.51. The molecule has 9 heteroatoms. The third-order valence-corrected chi connectivity index (χ3v) is 4.80. The Bertz CT molecular complexity index is 1030. The van der Waals surface area contributed by atoms with Crippen molar-refractivity contribution in [3.63, 3.8) is 0 Å². The quantitative estimate of drug-likeness (QED) is 0.598. The van der Waals surface area contributed by atoms with Gasteiger partial charge in [-0.1, -0.05) is 17.3 Å². The smallest absolute Gasteiger partial charge is 0.416 e. The van der Waals surface area contributed by atoms with Crippen LogP contribution in [0.15, 0.2) is 59.1 Å². The zero-order chi connectivity index (χ0) is 22.6. The first-order valence-electron chi connectivity index (χ1n) is 9.42. The Kier molecular flexibility index (Phi) is 6.65. The highest BCUT2D eigenvalue weighted by Gasteiger charge is 2.31. The number of hydrogen-bond donors (Lipinski definition) is 1. The summed E-state index contributed by atoms with van der Waals surface area (Å²) in [6.07, 6.45) is -4.44. The van der Waals surface area contributed by atoms with Gasteiger partial charge >= 0.3 is 6.18 Å². The number of carbonyl (C=O) groups is 1. The van der Waals surface area contributed by atoms with Crippen molar-refractivity contribution >= 4 is 5.91 Å². The molecule has 164 valence electrons. The fourth-order valence-electron chi connectivity index (χ4n) is 3.07. The second-order valence-electron chi connectivity index (χ2n) is 7.12. The van der Waals surface area contributed by atoms with Crippen molar-refractivity contribution in [2.75, 3.05) is 27.7 Å². The van der Waals surface area contributed by atoms with Crippen molar-refractivity contribution in [2.45, 2.75) is 12.2 Å². The van der Waals surface area contributed by atoms with E-state index in [9.17, 15) is 18.0 Å². The number of benzene rings is 2. The molecule has 0 aliphatic heterocycles. The molecule has 0 saturated heterocycles. The van der Waals surface area contributed by atoms with E-state index < -0.39 is 23.7 Å². The van der Waals surface area contributed by atoms with Crippen LogP contribution >= 0.6 is 0 Å². The number of amides is 1. The standard InChI is InChI=1S/C22H22F3N3O3/c1-28(2)19(15-5-4-6-16(11-15)22(23,24)25)13-26-21(29)18-12-20(31-27-18)14-7-9-17(30-3)10-8-14/h4-12,19H,13H2,1-3H3,(H,26,29)/t19-/m1/s1. The molecule has 1 N–H and O–H groups in total. The minimum Gasteiger partial charge on any atom is -0.497 e. The molecule has 0 radical (unpaired) electrons. The summed E-state index contributed by atoms with van der Waals surface area (Å²) in [7, 11) is 5.02. The van der Waals surface area contributed by atoms with Crippen LogP contribution in [-0.4, -0.2) is 43.7 Å². The van der Waals surface area contributed by atoms with Crippen molar-refractivity contribution in [1.82, 2.24) is 15.4 Å². The number of likely N-dealkylation sites (N-methyl/N-ethyl adjacent to an activating group) is 1. The summed E-state index contributed by atoms with van der Waals surface area (Å²) in [5.41, 5.74) is 0.512. The summed E-state index contributed by atoms with van der Waals surface area (Å²) >= 11 is 0. The van der Waals surface area contributed by atoms with Gasteiger partial charge in [-0.05, 0) is 56.1 Å². The van der Waals surface area contributed by atoms with Crippen LogP contribution in [0.25, 0.3) is 11.3 Å². The van der Waals surface area contributed by atoms with Gasteiger partial charge in [-0.3, -0.25) is 4.79 Å². The van der Waals surface area contributed by atoms with Gasteiger partial charge in [0.1, 0.15) is 5.75 Å². The first kappa shape index (κ1) is 22.4. The van der Waals surface area contributed by atoms with Crippen LogP contribution in [0, 0.1) is 0 Å². The highest BCUT2D eigenvalue weighted by atomic mass is 19.4. The van der Waals surface area contributed by atoms with E-state index >= 15 is 0 Å². The molecule has 0 aliphatic carbocycles. The van der Waals surface area contributed by atoms with E-state index in [1.54, 1.807) is 56.4 Å². The van der Waals surface area contributed by atoms with Gasteiger partial charge in [0, 0.05) is 18.2 Å². The Hall–Kier alpha value is -3.33. The van der Waals surface area contributed by atoms with Crippen LogP contribution in [0.5, 0.6) is 5.75 Å². The topological polar surface area (TPSA) is 67.6 Å². The maximum absolute atomic E-state index is 13.0. The molecule has 1 heterocycles. The third-order valence-electron chi connectivity index (χ3n) is 4.80. The Morgan fingerprint density at radius 1 is 1.16 bits per heavy atom. The number of carbonyl (C=O) groups excluding carboxylic acids is 1. The lowest BCUT2D eigenvalue weighted by Gasteiger charge is -2.25. The van der Waals surface area contributed by atoms with Crippen molar-refractivity contribution in [1.29, 1.82) is 0 Å². The SMILES string of the molecule is COc1ccc(-c2cc(C(=O)NC[C@H](c3cccc(C(F)(F)F)c3)N(C)C)no2)cc1. The summed E-state index contributed by atoms with van der Waals surface area (Å²) in [5.74, 6) is 0.614. The first-order chi connectivity index (χ1) is 14.7. The zero-order valence-corrected chi connectivity index (χ0v) is 17.2. The Balaban J connectivity index is 1.70. The normalized spacial score (nSPS) is 12.6. The molecule has 2 aromatic carbocycles. The second kappa shape index (κ2) is 9.22. The van der Waals surface area contributed by atoms with Crippen LogP contribution in [0.2, 0.25) is 0 Å². The summed E-state index contributed by atoms with van der Waals surface area (Å²) < 4.78 is 49.5. The molecule has 31 heavy (non-hydrogen) atoms. The molecule has 0 spiro atoms. The molecule has 6 nitrogen and oxygen atoms in total. The summed E-state index contributed by atoms with van der Waals surface area (Å²) in [6.45, 7) is 0.0951. The largest absolute Gasteiger partial charge is 0.497 e. The lowest BCUT2D eigenvalue weighted by molar-refractivity contribution is -0.137. The fraction of sp³-hybridized carbons (Fsp3) is 0.273. The average Bonchev–Trinajstić information content (AvgIpc) is 3.23. The van der Waals surface area contributed by atoms with Crippen molar-refractivity contribution in [2.24, 2.45) is 0 Å². The van der Waals surface area contributed by atoms with Gasteiger partial charge in [0.2, 0.25) is 0 Å². The van der Waals surface area contributed by atoms with Crippen molar-refractivity contribution in [3.05, 3.63) is 71.4 Å². The van der Waals surface area contributed by atoms with Crippen LogP contribution in [-0.2, 0) is 6.18 Å². The van der Waals surface area contributed by atoms with Crippen LogP contribution in [0.1, 0.15) is 27.7 Å².